The molecule has 3 atom stereocenters. The minimum Gasteiger partial charge on any atom is -0.206 e. The number of rotatable bonds is 2. The molecule has 0 aromatic heterocycles. The Labute approximate surface area is 144 Å². The van der Waals surface area contributed by atoms with Gasteiger partial charge >= 0.3 is 0 Å². The molecule has 2 aliphatic rings. The van der Waals surface area contributed by atoms with Crippen LogP contribution in [0.1, 0.15) is 51.2 Å². The highest BCUT2D eigenvalue weighted by atomic mass is 19.1. The summed E-state index contributed by atoms with van der Waals surface area (Å²) < 4.78 is 14.7. The van der Waals surface area contributed by atoms with Crippen LogP contribution in [0.2, 0.25) is 0 Å². The Bertz CT molecular complexity index is 817. The van der Waals surface area contributed by atoms with E-state index in [1.807, 2.05) is 12.1 Å². The van der Waals surface area contributed by atoms with Gasteiger partial charge in [-0.05, 0) is 54.4 Å². The fourth-order valence-electron chi connectivity index (χ4n) is 4.92. The smallest absolute Gasteiger partial charge is 0.131 e. The van der Waals surface area contributed by atoms with Crippen molar-refractivity contribution in [3.8, 4) is 11.1 Å². The minimum absolute atomic E-state index is 0.0971. The highest BCUT2D eigenvalue weighted by Gasteiger charge is 2.44. The quantitative estimate of drug-likeness (QED) is 0.554. The third kappa shape index (κ3) is 2.10. The molecule has 0 bridgehead atoms. The summed E-state index contributed by atoms with van der Waals surface area (Å²) in [6.45, 7) is 6.91. The van der Waals surface area contributed by atoms with Crippen LogP contribution in [0.25, 0.3) is 11.1 Å². The Balaban J connectivity index is 1.97. The van der Waals surface area contributed by atoms with Crippen LogP contribution in [0.15, 0.2) is 54.1 Å². The summed E-state index contributed by atoms with van der Waals surface area (Å²) in [6, 6.07) is 14.0. The monoisotopic (exact) mass is 320 g/mol. The van der Waals surface area contributed by atoms with Crippen molar-refractivity contribution in [2.75, 3.05) is 0 Å². The van der Waals surface area contributed by atoms with Gasteiger partial charge in [-0.15, -0.1) is 0 Å². The summed E-state index contributed by atoms with van der Waals surface area (Å²) in [7, 11) is 0. The van der Waals surface area contributed by atoms with Crippen LogP contribution in [-0.2, 0) is 5.41 Å². The Kier molecular flexibility index (Phi) is 3.63. The number of hydrogen-bond acceptors (Lipinski definition) is 0. The van der Waals surface area contributed by atoms with E-state index < -0.39 is 0 Å². The number of fused-ring (bicyclic) bond motifs is 3. The molecule has 0 saturated heterocycles. The Morgan fingerprint density at radius 1 is 1.08 bits per heavy atom. The molecule has 0 radical (unpaired) electrons. The van der Waals surface area contributed by atoms with Gasteiger partial charge in [-0.1, -0.05) is 68.3 Å². The minimum atomic E-state index is -0.198. The second-order valence-electron chi connectivity index (χ2n) is 7.72. The molecule has 0 nitrogen and oxygen atoms in total. The van der Waals surface area contributed by atoms with Gasteiger partial charge in [-0.25, -0.2) is 4.39 Å². The van der Waals surface area contributed by atoms with Crippen molar-refractivity contribution in [1.29, 1.82) is 0 Å². The molecule has 0 fully saturated rings. The maximum atomic E-state index is 14.7. The third-order valence-corrected chi connectivity index (χ3v) is 6.21. The van der Waals surface area contributed by atoms with Crippen LogP contribution in [0.3, 0.4) is 0 Å². The maximum Gasteiger partial charge on any atom is 0.131 e. The first-order chi connectivity index (χ1) is 11.6. The maximum absolute atomic E-state index is 14.7. The van der Waals surface area contributed by atoms with E-state index in [0.29, 0.717) is 5.92 Å². The van der Waals surface area contributed by atoms with Crippen LogP contribution >= 0.6 is 0 Å². The molecule has 1 heteroatoms. The summed E-state index contributed by atoms with van der Waals surface area (Å²) in [4.78, 5) is 0. The van der Waals surface area contributed by atoms with E-state index in [4.69, 9.17) is 0 Å². The molecule has 2 aromatic carbocycles. The lowest BCUT2D eigenvalue weighted by molar-refractivity contribution is 0.373. The average Bonchev–Trinajstić information content (AvgIpc) is 2.86. The van der Waals surface area contributed by atoms with E-state index in [1.54, 1.807) is 6.07 Å². The highest BCUT2D eigenvalue weighted by molar-refractivity contribution is 5.83. The van der Waals surface area contributed by atoms with Gasteiger partial charge in [-0.2, -0.15) is 0 Å². The Morgan fingerprint density at radius 3 is 2.62 bits per heavy atom. The second kappa shape index (κ2) is 5.58. The van der Waals surface area contributed by atoms with Crippen LogP contribution in [0, 0.1) is 17.7 Å². The molecule has 3 unspecified atom stereocenters. The molecule has 24 heavy (non-hydrogen) atoms. The van der Waals surface area contributed by atoms with Crippen LogP contribution in [0.5, 0.6) is 0 Å². The van der Waals surface area contributed by atoms with Gasteiger partial charge in [0.25, 0.3) is 0 Å². The number of allylic oxidation sites excluding steroid dienone is 2. The zero-order valence-electron chi connectivity index (χ0n) is 14.8. The van der Waals surface area contributed by atoms with Crippen molar-refractivity contribution in [3.05, 3.63) is 71.1 Å². The molecule has 0 spiro atoms. The van der Waals surface area contributed by atoms with Gasteiger partial charge in [0.15, 0.2) is 0 Å². The van der Waals surface area contributed by atoms with Crippen molar-refractivity contribution in [3.63, 3.8) is 0 Å². The summed E-state index contributed by atoms with van der Waals surface area (Å²) in [5, 5.41) is 0. The first-order valence-corrected chi connectivity index (χ1v) is 9.15. The van der Waals surface area contributed by atoms with Crippen molar-refractivity contribution >= 4 is 0 Å². The normalized spacial score (nSPS) is 28.2. The Morgan fingerprint density at radius 2 is 1.83 bits per heavy atom. The molecule has 4 rings (SSSR count). The zero-order valence-corrected chi connectivity index (χ0v) is 14.8. The fourth-order valence-corrected chi connectivity index (χ4v) is 4.92. The average molecular weight is 320 g/mol. The molecule has 0 aliphatic heterocycles. The molecule has 0 amide bonds. The van der Waals surface area contributed by atoms with Crippen molar-refractivity contribution < 1.29 is 4.39 Å². The zero-order chi connectivity index (χ0) is 16.9. The summed E-state index contributed by atoms with van der Waals surface area (Å²) in [5.74, 6) is 1.24. The summed E-state index contributed by atoms with van der Waals surface area (Å²) in [6.07, 6.45) is 6.08. The second-order valence-corrected chi connectivity index (χ2v) is 7.72. The first kappa shape index (κ1) is 15.6. The predicted octanol–water partition coefficient (Wildman–Crippen LogP) is 6.49. The van der Waals surface area contributed by atoms with E-state index in [0.717, 1.165) is 29.0 Å². The lowest BCUT2D eigenvalue weighted by Gasteiger charge is -2.37. The van der Waals surface area contributed by atoms with Crippen LogP contribution < -0.4 is 0 Å². The lowest BCUT2D eigenvalue weighted by Crippen LogP contribution is -2.28. The van der Waals surface area contributed by atoms with E-state index in [2.05, 4.69) is 51.1 Å². The molecule has 2 aliphatic carbocycles. The van der Waals surface area contributed by atoms with Crippen LogP contribution in [-0.4, -0.2) is 0 Å². The molecule has 0 heterocycles. The molecule has 0 N–H and O–H groups in total. The molecular formula is C23H25F. The number of hydrogen-bond donors (Lipinski definition) is 0. The van der Waals surface area contributed by atoms with E-state index in [1.165, 1.54) is 24.0 Å². The fraction of sp³-hybridized carbons (Fsp3) is 0.391. The SMILES string of the molecule is CCC1CC(C2(C)c3ccccc3-c3c(F)cccc32)=CC(C)C1. The van der Waals surface area contributed by atoms with E-state index >= 15 is 0 Å². The molecule has 124 valence electrons. The number of halogens is 1. The molecular weight excluding hydrogens is 295 g/mol. The summed E-state index contributed by atoms with van der Waals surface area (Å²) in [5.41, 5.74) is 5.56. The van der Waals surface area contributed by atoms with E-state index in [-0.39, 0.29) is 11.2 Å². The van der Waals surface area contributed by atoms with E-state index in [9.17, 15) is 4.39 Å². The largest absolute Gasteiger partial charge is 0.206 e. The topological polar surface area (TPSA) is 0 Å². The predicted molar refractivity (Wildman–Crippen MR) is 98.6 cm³/mol. The Hall–Kier alpha value is -1.89. The lowest BCUT2D eigenvalue weighted by atomic mass is 9.67. The van der Waals surface area contributed by atoms with Gasteiger partial charge in [0.2, 0.25) is 0 Å². The van der Waals surface area contributed by atoms with Gasteiger partial charge in [-0.3, -0.25) is 0 Å². The number of benzene rings is 2. The van der Waals surface area contributed by atoms with Crippen molar-refractivity contribution in [2.45, 2.75) is 45.4 Å². The molecule has 2 aromatic rings. The van der Waals surface area contributed by atoms with Gasteiger partial charge in [0, 0.05) is 11.0 Å². The first-order valence-electron chi connectivity index (χ1n) is 9.15. The van der Waals surface area contributed by atoms with Gasteiger partial charge in [0.05, 0.1) is 0 Å². The molecule has 0 saturated carbocycles. The van der Waals surface area contributed by atoms with Crippen molar-refractivity contribution in [1.82, 2.24) is 0 Å². The third-order valence-electron chi connectivity index (χ3n) is 6.21. The van der Waals surface area contributed by atoms with Gasteiger partial charge in [0.1, 0.15) is 5.82 Å². The standard InChI is InChI=1S/C23H25F/c1-4-16-12-15(2)13-17(14-16)23(3)19-9-6-5-8-18(19)22-20(23)10-7-11-21(22)24/h5-11,13,15-16H,4,12,14H2,1-3H3. The highest BCUT2D eigenvalue weighted by Crippen LogP contribution is 2.55. The van der Waals surface area contributed by atoms with Crippen LogP contribution in [0.4, 0.5) is 4.39 Å². The van der Waals surface area contributed by atoms with Crippen molar-refractivity contribution in [2.24, 2.45) is 11.8 Å². The summed E-state index contributed by atoms with van der Waals surface area (Å²) >= 11 is 0. The van der Waals surface area contributed by atoms with Gasteiger partial charge < -0.3 is 0 Å².